The van der Waals surface area contributed by atoms with Crippen molar-refractivity contribution in [3.8, 4) is 0 Å². The number of carbonyl (C=O) groups excluding carboxylic acids is 10. The maximum absolute atomic E-state index is 14.8. The fraction of sp³-hybridized carbons (Fsp3) is 0.472. The van der Waals surface area contributed by atoms with Gasteiger partial charge in [0.2, 0.25) is 59.1 Å². The van der Waals surface area contributed by atoms with Crippen LogP contribution in [0.5, 0.6) is 0 Å². The smallest absolute Gasteiger partial charge is 0.243 e. The predicted octanol–water partition coefficient (Wildman–Crippen LogP) is -1.89. The molecular weight excluding hydrogens is 1020 g/mol. The molecule has 5 rings (SSSR count). The number of hydrogen-bond donors (Lipinski definition) is 14. The number of aliphatic imine (C=N–C) groups is 1. The average Bonchev–Trinajstić information content (AvgIpc) is 4.10. The molecule has 26 heteroatoms. The van der Waals surface area contributed by atoms with Crippen molar-refractivity contribution < 1.29 is 47.9 Å². The Labute approximate surface area is 456 Å². The van der Waals surface area contributed by atoms with Gasteiger partial charge in [-0.2, -0.15) is 0 Å². The van der Waals surface area contributed by atoms with E-state index in [1.807, 2.05) is 32.0 Å². The first kappa shape index (κ1) is 61.0. The molecule has 0 bridgehead atoms. The Balaban J connectivity index is 1.56. The van der Waals surface area contributed by atoms with Crippen molar-refractivity contribution in [2.75, 3.05) is 13.1 Å². The number of para-hydroxylation sites is 1. The van der Waals surface area contributed by atoms with E-state index in [1.165, 1.54) is 26.4 Å². The van der Waals surface area contributed by atoms with Gasteiger partial charge in [0.25, 0.3) is 0 Å². The number of hydrogen-bond acceptors (Lipinski definition) is 12. The second kappa shape index (κ2) is 30.2. The van der Waals surface area contributed by atoms with E-state index >= 15 is 0 Å². The van der Waals surface area contributed by atoms with E-state index in [0.717, 1.165) is 10.9 Å². The van der Waals surface area contributed by atoms with E-state index in [1.54, 1.807) is 42.6 Å². The Hall–Kier alpha value is -8.84. The standard InChI is InChI=1S/C53H74N16O10/c1-29(2)21-39(63-31(4)70)49(76)69-43-25-44(71)58-19-11-10-17-37(45(54)72)64-46(73)30(3)62-48(75)41(23-33-26-60-36-16-9-8-15-35(33)36)67-47(74)38(18-12-20-59-53(55)56)65-50(77)40(22-32-13-6-5-7-14-32)66-51(78)42(68-52(43)79)24-34-27-57-28-61-34/h5-9,13-16,26-30,37-43,60H,10-12,17-25H2,1-4H3,(H2,54,72)(H,57,61)(H,58,71)(H,62,75)(H,63,70)(H,64,73)(H,65,77)(H,66,78)(H,67,74)(H,68,79)(H,69,76)(H4,55,56,59)/t30-,37-,38-,39-,40+,41+,42-,43-/m0/s1. The fourth-order valence-electron chi connectivity index (χ4n) is 8.83. The highest BCUT2D eigenvalue weighted by atomic mass is 16.2. The zero-order chi connectivity index (χ0) is 57.6. The number of primary amides is 1. The maximum Gasteiger partial charge on any atom is 0.243 e. The summed E-state index contributed by atoms with van der Waals surface area (Å²) < 4.78 is 0. The molecule has 3 heterocycles. The third-order valence-corrected chi connectivity index (χ3v) is 12.9. The second-order valence-electron chi connectivity index (χ2n) is 19.9. The molecular formula is C53H74N16O10. The van der Waals surface area contributed by atoms with E-state index in [0.29, 0.717) is 16.8 Å². The van der Waals surface area contributed by atoms with Crippen LogP contribution in [0.25, 0.3) is 10.9 Å². The number of carbonyl (C=O) groups is 10. The lowest BCUT2D eigenvalue weighted by Crippen LogP contribution is -2.61. The van der Waals surface area contributed by atoms with Gasteiger partial charge in [0, 0.05) is 68.3 Å². The molecule has 1 aliphatic rings. The largest absolute Gasteiger partial charge is 0.370 e. The van der Waals surface area contributed by atoms with Gasteiger partial charge in [0.05, 0.1) is 12.7 Å². The summed E-state index contributed by atoms with van der Waals surface area (Å²) in [5.74, 6) is -8.27. The minimum atomic E-state index is -1.62. The third-order valence-electron chi connectivity index (χ3n) is 12.9. The molecule has 4 aromatic rings. The first-order chi connectivity index (χ1) is 37.7. The van der Waals surface area contributed by atoms with E-state index in [9.17, 15) is 47.9 Å². The lowest BCUT2D eigenvalue weighted by atomic mass is 10.0. The predicted molar refractivity (Wildman–Crippen MR) is 291 cm³/mol. The van der Waals surface area contributed by atoms with Crippen molar-refractivity contribution in [3.63, 3.8) is 0 Å². The number of nitrogens with two attached hydrogens (primary N) is 3. The number of H-pyrrole nitrogens is 2. The third kappa shape index (κ3) is 19.9. The first-order valence-corrected chi connectivity index (χ1v) is 26.2. The molecule has 10 amide bonds. The molecule has 79 heavy (non-hydrogen) atoms. The summed E-state index contributed by atoms with van der Waals surface area (Å²) in [4.78, 5) is 153. The van der Waals surface area contributed by atoms with E-state index in [4.69, 9.17) is 17.2 Å². The Morgan fingerprint density at radius 2 is 1.37 bits per heavy atom. The molecule has 17 N–H and O–H groups in total. The van der Waals surface area contributed by atoms with Gasteiger partial charge in [-0.3, -0.25) is 52.9 Å². The first-order valence-electron chi connectivity index (χ1n) is 26.2. The number of imidazole rings is 1. The van der Waals surface area contributed by atoms with Gasteiger partial charge in [0.1, 0.15) is 48.3 Å². The summed E-state index contributed by atoms with van der Waals surface area (Å²) in [7, 11) is 0. The van der Waals surface area contributed by atoms with Crippen molar-refractivity contribution in [1.29, 1.82) is 0 Å². The highest BCUT2D eigenvalue weighted by Gasteiger charge is 2.36. The molecule has 0 aliphatic carbocycles. The van der Waals surface area contributed by atoms with Crippen LogP contribution < -0.4 is 65.1 Å². The van der Waals surface area contributed by atoms with Gasteiger partial charge in [-0.15, -0.1) is 0 Å². The number of amides is 10. The molecule has 1 aliphatic heterocycles. The monoisotopic (exact) mass is 1090 g/mol. The van der Waals surface area contributed by atoms with E-state index < -0.39 is 114 Å². The molecule has 0 saturated carbocycles. The number of benzene rings is 2. The minimum Gasteiger partial charge on any atom is -0.370 e. The van der Waals surface area contributed by atoms with Crippen molar-refractivity contribution in [1.82, 2.24) is 62.8 Å². The van der Waals surface area contributed by atoms with E-state index in [-0.39, 0.29) is 82.8 Å². The van der Waals surface area contributed by atoms with Gasteiger partial charge in [-0.25, -0.2) is 4.98 Å². The average molecular weight is 1100 g/mol. The second-order valence-corrected chi connectivity index (χ2v) is 19.9. The number of rotatable bonds is 16. The van der Waals surface area contributed by atoms with Crippen LogP contribution in [-0.2, 0) is 67.2 Å². The molecule has 0 radical (unpaired) electrons. The molecule has 1 fully saturated rings. The van der Waals surface area contributed by atoms with Crippen LogP contribution >= 0.6 is 0 Å². The van der Waals surface area contributed by atoms with Crippen LogP contribution in [0.1, 0.15) is 89.5 Å². The summed E-state index contributed by atoms with van der Waals surface area (Å²) in [6.07, 6.45) is 4.11. The SMILES string of the molecule is CC(=O)N[C@@H](CC(C)C)C(=O)N[C@H]1CC(=O)NCCCC[C@@H](C(N)=O)NC(=O)[C@H](C)NC(=O)[C@@H](Cc2c[nH]c3ccccc23)NC(=O)[C@H](CCCN=C(N)N)NC(=O)[C@@H](Cc2ccccc2)NC(=O)[C@H](Cc2cnc[nH]2)NC1=O. The zero-order valence-electron chi connectivity index (χ0n) is 44.8. The number of aromatic nitrogens is 3. The molecule has 2 aromatic heterocycles. The summed E-state index contributed by atoms with van der Waals surface area (Å²) >= 11 is 0. The molecule has 1 saturated heterocycles. The topological polar surface area (TPSA) is 414 Å². The van der Waals surface area contributed by atoms with Crippen molar-refractivity contribution >= 4 is 75.9 Å². The van der Waals surface area contributed by atoms with Crippen LogP contribution in [0.15, 0.2) is 78.3 Å². The van der Waals surface area contributed by atoms with Gasteiger partial charge in [-0.05, 0) is 68.6 Å². The molecule has 426 valence electrons. The Bertz CT molecular complexity index is 2780. The van der Waals surface area contributed by atoms with Crippen LogP contribution in [0.2, 0.25) is 0 Å². The number of guanidine groups is 1. The van der Waals surface area contributed by atoms with Crippen LogP contribution in [0.4, 0.5) is 0 Å². The number of nitrogens with zero attached hydrogens (tertiary/aromatic N) is 2. The fourth-order valence-corrected chi connectivity index (χ4v) is 8.83. The normalized spacial score (nSPS) is 22.1. The molecule has 8 atom stereocenters. The summed E-state index contributed by atoms with van der Waals surface area (Å²) in [6, 6.07) is 5.01. The van der Waals surface area contributed by atoms with Crippen LogP contribution in [0.3, 0.4) is 0 Å². The summed E-state index contributed by atoms with van der Waals surface area (Å²) in [6.45, 7) is 6.32. The van der Waals surface area contributed by atoms with Gasteiger partial charge < -0.3 is 75.0 Å². The van der Waals surface area contributed by atoms with Crippen molar-refractivity contribution in [2.24, 2.45) is 28.1 Å². The number of aromatic amines is 2. The molecule has 0 unspecified atom stereocenters. The number of nitrogens with one attached hydrogen (secondary N) is 11. The lowest BCUT2D eigenvalue weighted by molar-refractivity contribution is -0.136. The molecule has 26 nitrogen and oxygen atoms in total. The highest BCUT2D eigenvalue weighted by Crippen LogP contribution is 2.20. The van der Waals surface area contributed by atoms with Gasteiger partial charge in [0.15, 0.2) is 5.96 Å². The van der Waals surface area contributed by atoms with Crippen molar-refractivity contribution in [3.05, 3.63) is 90.1 Å². The van der Waals surface area contributed by atoms with E-state index in [2.05, 4.69) is 67.8 Å². The quantitative estimate of drug-likeness (QED) is 0.0332. The van der Waals surface area contributed by atoms with Crippen molar-refractivity contribution in [2.45, 2.75) is 140 Å². The maximum atomic E-state index is 14.8. The van der Waals surface area contributed by atoms with Gasteiger partial charge >= 0.3 is 0 Å². The Kier molecular flexibility index (Phi) is 23.3. The van der Waals surface area contributed by atoms with Crippen LogP contribution in [-0.4, -0.2) is 141 Å². The highest BCUT2D eigenvalue weighted by molar-refractivity contribution is 5.99. The summed E-state index contributed by atoms with van der Waals surface area (Å²) in [5, 5.41) is 24.8. The Morgan fingerprint density at radius 3 is 2.03 bits per heavy atom. The van der Waals surface area contributed by atoms with Crippen LogP contribution in [0, 0.1) is 5.92 Å². The Morgan fingerprint density at radius 1 is 0.734 bits per heavy atom. The van der Waals surface area contributed by atoms with Gasteiger partial charge in [-0.1, -0.05) is 62.4 Å². The molecule has 0 spiro atoms. The minimum absolute atomic E-state index is 0.0191. The summed E-state index contributed by atoms with van der Waals surface area (Å²) in [5.41, 5.74) is 19.2. The molecule has 2 aromatic carbocycles. The number of fused-ring (bicyclic) bond motifs is 1. The lowest BCUT2D eigenvalue weighted by Gasteiger charge is -2.28. The zero-order valence-corrected chi connectivity index (χ0v) is 44.8.